The van der Waals surface area contributed by atoms with Crippen molar-refractivity contribution in [2.24, 2.45) is 0 Å². The summed E-state index contributed by atoms with van der Waals surface area (Å²) in [5, 5.41) is 7.06. The molecule has 1 amide bonds. The van der Waals surface area contributed by atoms with Gasteiger partial charge >= 0.3 is 0 Å². The lowest BCUT2D eigenvalue weighted by Crippen LogP contribution is -2.56. The fraction of sp³-hybridized carbons (Fsp3) is 0.308. The van der Waals surface area contributed by atoms with E-state index in [1.165, 1.54) is 11.3 Å². The molecule has 2 saturated heterocycles. The Hall–Kier alpha value is -3.70. The van der Waals surface area contributed by atoms with Gasteiger partial charge in [-0.2, -0.15) is 0 Å². The van der Waals surface area contributed by atoms with Crippen LogP contribution < -0.4 is 10.2 Å². The topological polar surface area (TPSA) is 100 Å². The smallest absolute Gasteiger partial charge is 0.256 e. The minimum absolute atomic E-state index is 0.0294. The van der Waals surface area contributed by atoms with Crippen molar-refractivity contribution >= 4 is 51.6 Å². The highest BCUT2D eigenvalue weighted by Gasteiger charge is 2.43. The van der Waals surface area contributed by atoms with E-state index in [9.17, 15) is 4.79 Å². The summed E-state index contributed by atoms with van der Waals surface area (Å²) < 4.78 is 0. The minimum atomic E-state index is 0.0294. The molecule has 188 valence electrons. The number of carbonyl (C=O) groups excluding carboxylic acids is 1. The molecule has 6 heterocycles. The number of nitrogens with one attached hydrogen (secondary N) is 1. The molecule has 2 fully saturated rings. The molecule has 11 heteroatoms. The molecule has 2 aliphatic rings. The van der Waals surface area contributed by atoms with Crippen LogP contribution in [0.15, 0.2) is 42.7 Å². The summed E-state index contributed by atoms with van der Waals surface area (Å²) in [4.78, 5) is 41.4. The first-order valence-corrected chi connectivity index (χ1v) is 13.8. The predicted molar refractivity (Wildman–Crippen MR) is 148 cm³/mol. The molecule has 0 radical (unpaired) electrons. The van der Waals surface area contributed by atoms with E-state index >= 15 is 0 Å². The highest BCUT2D eigenvalue weighted by atomic mass is 32.1. The SMILES string of the molecule is C=Cc1cnc(N2CC3CC[C@H](C2)N3C(=O)c2ccc(Nc3nc(-c4sc(C)nc4C)cs3)nc2)nc1. The Morgan fingerprint density at radius 2 is 1.84 bits per heavy atom. The average Bonchev–Trinajstić information content (AvgIpc) is 3.58. The number of pyridine rings is 1. The third-order valence-electron chi connectivity index (χ3n) is 6.78. The van der Waals surface area contributed by atoms with Gasteiger partial charge in [-0.25, -0.2) is 24.9 Å². The first kappa shape index (κ1) is 23.7. The van der Waals surface area contributed by atoms with E-state index in [0.717, 1.165) is 57.9 Å². The number of carbonyl (C=O) groups is 1. The summed E-state index contributed by atoms with van der Waals surface area (Å²) >= 11 is 3.17. The molecule has 0 saturated carbocycles. The van der Waals surface area contributed by atoms with Crippen LogP contribution in [0, 0.1) is 13.8 Å². The van der Waals surface area contributed by atoms with Crippen LogP contribution in [-0.4, -0.2) is 60.9 Å². The monoisotopic (exact) mass is 530 g/mol. The van der Waals surface area contributed by atoms with Crippen molar-refractivity contribution in [2.75, 3.05) is 23.3 Å². The summed E-state index contributed by atoms with van der Waals surface area (Å²) in [5.41, 5.74) is 3.40. The summed E-state index contributed by atoms with van der Waals surface area (Å²) in [6.45, 7) is 9.22. The number of anilines is 3. The highest BCUT2D eigenvalue weighted by Crippen LogP contribution is 2.34. The Balaban J connectivity index is 1.12. The molecule has 0 aliphatic carbocycles. The van der Waals surface area contributed by atoms with Gasteiger partial charge in [-0.05, 0) is 38.8 Å². The lowest BCUT2D eigenvalue weighted by molar-refractivity contribution is 0.0640. The zero-order valence-electron chi connectivity index (χ0n) is 20.6. The molecule has 4 aromatic heterocycles. The van der Waals surface area contributed by atoms with Crippen LogP contribution in [0.2, 0.25) is 0 Å². The van der Waals surface area contributed by atoms with E-state index in [4.69, 9.17) is 4.98 Å². The third kappa shape index (κ3) is 4.60. The molecule has 0 aromatic carbocycles. The number of aromatic nitrogens is 5. The molecule has 4 aromatic rings. The molecule has 1 unspecified atom stereocenters. The van der Waals surface area contributed by atoms with Gasteiger partial charge in [-0.15, -0.1) is 22.7 Å². The molecular weight excluding hydrogens is 504 g/mol. The van der Waals surface area contributed by atoms with E-state index in [2.05, 4.69) is 36.7 Å². The molecule has 6 rings (SSSR count). The van der Waals surface area contributed by atoms with Gasteiger partial charge in [-0.1, -0.05) is 12.7 Å². The van der Waals surface area contributed by atoms with Crippen LogP contribution in [0.1, 0.15) is 39.5 Å². The molecule has 37 heavy (non-hydrogen) atoms. The lowest BCUT2D eigenvalue weighted by atomic mass is 10.1. The van der Waals surface area contributed by atoms with Crippen molar-refractivity contribution in [1.29, 1.82) is 0 Å². The zero-order chi connectivity index (χ0) is 25.5. The number of piperazine rings is 1. The zero-order valence-corrected chi connectivity index (χ0v) is 22.2. The first-order valence-electron chi connectivity index (χ1n) is 12.1. The Kier molecular flexibility index (Phi) is 6.17. The maximum atomic E-state index is 13.4. The number of aryl methyl sites for hydroxylation is 2. The quantitative estimate of drug-likeness (QED) is 0.374. The molecule has 2 aliphatic heterocycles. The first-order chi connectivity index (χ1) is 18.0. The van der Waals surface area contributed by atoms with E-state index in [1.54, 1.807) is 36.0 Å². The second kappa shape index (κ2) is 9.64. The van der Waals surface area contributed by atoms with Crippen molar-refractivity contribution in [3.8, 4) is 10.6 Å². The van der Waals surface area contributed by atoms with Gasteiger partial charge in [0.25, 0.3) is 5.91 Å². The van der Waals surface area contributed by atoms with Gasteiger partial charge < -0.3 is 15.1 Å². The molecule has 1 N–H and O–H groups in total. The number of hydrogen-bond donors (Lipinski definition) is 1. The highest BCUT2D eigenvalue weighted by molar-refractivity contribution is 7.16. The minimum Gasteiger partial charge on any atom is -0.337 e. The standard InChI is InChI=1S/C26H26N8OS2/c1-4-17-9-28-25(29-10-17)33-12-19-6-7-20(13-33)34(19)24(35)18-5-8-22(27-11-18)32-26-31-21(14-36-26)23-15(2)30-16(3)37-23/h4-5,8-11,14,19-20H,1,6-7,12-13H2,2-3H3,(H,27,31,32)/t19-,20?/m1/s1. The Morgan fingerprint density at radius 1 is 1.08 bits per heavy atom. The van der Waals surface area contributed by atoms with Crippen LogP contribution in [-0.2, 0) is 0 Å². The van der Waals surface area contributed by atoms with Crippen molar-refractivity contribution in [1.82, 2.24) is 29.8 Å². The van der Waals surface area contributed by atoms with Gasteiger partial charge in [0.2, 0.25) is 5.95 Å². The number of rotatable bonds is 6. The second-order valence-electron chi connectivity index (χ2n) is 9.27. The predicted octanol–water partition coefficient (Wildman–Crippen LogP) is 4.95. The summed E-state index contributed by atoms with van der Waals surface area (Å²) in [5.74, 6) is 1.39. The van der Waals surface area contributed by atoms with E-state index in [0.29, 0.717) is 17.3 Å². The van der Waals surface area contributed by atoms with E-state index < -0.39 is 0 Å². The third-order valence-corrected chi connectivity index (χ3v) is 8.63. The molecule has 9 nitrogen and oxygen atoms in total. The van der Waals surface area contributed by atoms with Crippen LogP contribution in [0.25, 0.3) is 16.6 Å². The number of fused-ring (bicyclic) bond motifs is 2. The largest absolute Gasteiger partial charge is 0.337 e. The van der Waals surface area contributed by atoms with Crippen molar-refractivity contribution in [3.63, 3.8) is 0 Å². The fourth-order valence-corrected chi connectivity index (χ4v) is 6.72. The molecule has 0 spiro atoms. The van der Waals surface area contributed by atoms with Crippen LogP contribution in [0.5, 0.6) is 0 Å². The summed E-state index contributed by atoms with van der Waals surface area (Å²) in [6, 6.07) is 3.95. The number of thiazole rings is 2. The Morgan fingerprint density at radius 3 is 2.46 bits per heavy atom. The van der Waals surface area contributed by atoms with E-state index in [1.807, 2.05) is 36.3 Å². The summed E-state index contributed by atoms with van der Waals surface area (Å²) in [7, 11) is 0. The number of nitrogens with zero attached hydrogens (tertiary/aromatic N) is 7. The molecule has 2 atom stereocenters. The fourth-order valence-electron chi connectivity index (χ4n) is 5.06. The van der Waals surface area contributed by atoms with Crippen LogP contribution >= 0.6 is 22.7 Å². The average molecular weight is 531 g/mol. The second-order valence-corrected chi connectivity index (χ2v) is 11.3. The molecular formula is C26H26N8OS2. The lowest BCUT2D eigenvalue weighted by Gasteiger charge is -2.41. The number of hydrogen-bond acceptors (Lipinski definition) is 10. The Bertz CT molecular complexity index is 1430. The van der Waals surface area contributed by atoms with Crippen LogP contribution in [0.4, 0.5) is 16.9 Å². The van der Waals surface area contributed by atoms with Gasteiger partial charge in [0.05, 0.1) is 38.9 Å². The van der Waals surface area contributed by atoms with Crippen molar-refractivity contribution in [3.05, 3.63) is 64.5 Å². The van der Waals surface area contributed by atoms with Gasteiger partial charge in [0.1, 0.15) is 5.82 Å². The van der Waals surface area contributed by atoms with Crippen molar-refractivity contribution in [2.45, 2.75) is 38.8 Å². The van der Waals surface area contributed by atoms with E-state index in [-0.39, 0.29) is 18.0 Å². The van der Waals surface area contributed by atoms with Gasteiger partial charge in [0.15, 0.2) is 5.13 Å². The Labute approximate surface area is 223 Å². The van der Waals surface area contributed by atoms with Crippen LogP contribution in [0.3, 0.4) is 0 Å². The van der Waals surface area contributed by atoms with Gasteiger partial charge in [-0.3, -0.25) is 4.79 Å². The molecule has 2 bridgehead atoms. The number of amides is 1. The summed E-state index contributed by atoms with van der Waals surface area (Å²) in [6.07, 6.45) is 8.91. The normalized spacial score (nSPS) is 18.8. The van der Waals surface area contributed by atoms with Gasteiger partial charge in [0, 0.05) is 42.6 Å². The van der Waals surface area contributed by atoms with Crippen molar-refractivity contribution < 1.29 is 4.79 Å². The maximum absolute atomic E-state index is 13.4. The maximum Gasteiger partial charge on any atom is 0.256 e.